The molecule has 106 valence electrons. The van der Waals surface area contributed by atoms with Gasteiger partial charge in [0, 0.05) is 7.05 Å². The first-order chi connectivity index (χ1) is 8.51. The van der Waals surface area contributed by atoms with Crippen molar-refractivity contribution >= 4 is 16.0 Å². The van der Waals surface area contributed by atoms with E-state index in [2.05, 4.69) is 0 Å². The number of nitrogens with zero attached hydrogens (tertiary/aromatic N) is 1. The summed E-state index contributed by atoms with van der Waals surface area (Å²) in [6.45, 7) is 4.03. The van der Waals surface area contributed by atoms with Crippen LogP contribution in [0.2, 0.25) is 0 Å². The van der Waals surface area contributed by atoms with Crippen LogP contribution in [0.3, 0.4) is 0 Å². The molecule has 0 amide bonds. The van der Waals surface area contributed by atoms with E-state index >= 15 is 0 Å². The van der Waals surface area contributed by atoms with Crippen molar-refractivity contribution in [3.05, 3.63) is 29.6 Å². The van der Waals surface area contributed by atoms with Crippen LogP contribution in [0.4, 0.5) is 4.39 Å². The van der Waals surface area contributed by atoms with E-state index in [1.54, 1.807) is 0 Å². The third kappa shape index (κ3) is 2.76. The maximum Gasteiger partial charge on any atom is 0.324 e. The second-order valence-corrected chi connectivity index (χ2v) is 6.72. The van der Waals surface area contributed by atoms with Crippen LogP contribution in [0.15, 0.2) is 23.1 Å². The molecule has 0 radical (unpaired) electrons. The van der Waals surface area contributed by atoms with Crippen molar-refractivity contribution in [2.75, 3.05) is 7.05 Å². The van der Waals surface area contributed by atoms with Gasteiger partial charge >= 0.3 is 5.97 Å². The number of likely N-dealkylation sites (N-methyl/N-ethyl adjacent to an activating group) is 1. The van der Waals surface area contributed by atoms with E-state index < -0.39 is 27.3 Å². The number of carboxylic acid groups (broad SMARTS) is 1. The first-order valence-corrected chi connectivity index (χ1v) is 6.94. The van der Waals surface area contributed by atoms with E-state index in [4.69, 9.17) is 5.11 Å². The second kappa shape index (κ2) is 4.90. The average Bonchev–Trinajstić information content (AvgIpc) is 2.31. The van der Waals surface area contributed by atoms with Crippen LogP contribution in [-0.4, -0.2) is 36.4 Å². The average molecular weight is 289 g/mol. The minimum atomic E-state index is -4.07. The summed E-state index contributed by atoms with van der Waals surface area (Å²) in [5.41, 5.74) is -1.31. The summed E-state index contributed by atoms with van der Waals surface area (Å²) in [7, 11) is -2.91. The Hall–Kier alpha value is -1.47. The van der Waals surface area contributed by atoms with Gasteiger partial charge in [0.1, 0.15) is 11.4 Å². The van der Waals surface area contributed by atoms with Gasteiger partial charge in [-0.25, -0.2) is 12.8 Å². The topological polar surface area (TPSA) is 74.7 Å². The summed E-state index contributed by atoms with van der Waals surface area (Å²) >= 11 is 0. The SMILES string of the molecule is Cc1ccc(S(=O)(=O)N(C)C(C)(C)C(=O)O)cc1F. The minimum Gasteiger partial charge on any atom is -0.480 e. The Kier molecular flexibility index (Phi) is 4.02. The van der Waals surface area contributed by atoms with Crippen molar-refractivity contribution in [2.45, 2.75) is 31.2 Å². The lowest BCUT2D eigenvalue weighted by atomic mass is 10.1. The molecule has 1 rings (SSSR count). The molecule has 0 saturated heterocycles. The molecule has 1 aromatic carbocycles. The van der Waals surface area contributed by atoms with E-state index in [0.717, 1.165) is 13.1 Å². The van der Waals surface area contributed by atoms with Crippen LogP contribution < -0.4 is 0 Å². The van der Waals surface area contributed by atoms with E-state index in [0.29, 0.717) is 9.87 Å². The Labute approximate surface area is 111 Å². The summed E-state index contributed by atoms with van der Waals surface area (Å²) < 4.78 is 38.6. The molecule has 0 atom stereocenters. The standard InChI is InChI=1S/C12H16FNO4S/c1-8-5-6-9(7-10(8)13)19(17,18)14(4)12(2,3)11(15)16/h5-7H,1-4H3,(H,15,16). The predicted octanol–water partition coefficient (Wildman–Crippen LogP) is 1.62. The van der Waals surface area contributed by atoms with Gasteiger partial charge in [0.2, 0.25) is 10.0 Å². The van der Waals surface area contributed by atoms with Gasteiger partial charge in [0.25, 0.3) is 0 Å². The molecular weight excluding hydrogens is 273 g/mol. The number of carboxylic acids is 1. The van der Waals surface area contributed by atoms with Gasteiger partial charge in [0.15, 0.2) is 0 Å². The molecule has 0 spiro atoms. The van der Waals surface area contributed by atoms with Crippen LogP contribution in [0.5, 0.6) is 0 Å². The number of benzene rings is 1. The van der Waals surface area contributed by atoms with Gasteiger partial charge < -0.3 is 5.11 Å². The lowest BCUT2D eigenvalue weighted by molar-refractivity contribution is -0.145. The largest absolute Gasteiger partial charge is 0.480 e. The highest BCUT2D eigenvalue weighted by atomic mass is 32.2. The highest BCUT2D eigenvalue weighted by molar-refractivity contribution is 7.89. The summed E-state index contributed by atoms with van der Waals surface area (Å²) in [5.74, 6) is -1.94. The molecule has 0 saturated carbocycles. The fourth-order valence-electron chi connectivity index (χ4n) is 1.33. The maximum atomic E-state index is 13.4. The number of aliphatic carboxylic acids is 1. The van der Waals surface area contributed by atoms with Crippen LogP contribution in [0, 0.1) is 12.7 Å². The molecule has 7 heteroatoms. The first kappa shape index (κ1) is 15.6. The molecule has 5 nitrogen and oxygen atoms in total. The third-order valence-corrected chi connectivity index (χ3v) is 5.14. The highest BCUT2D eigenvalue weighted by Crippen LogP contribution is 2.24. The Morgan fingerprint density at radius 3 is 2.32 bits per heavy atom. The van der Waals surface area contributed by atoms with Crippen molar-refractivity contribution in [1.82, 2.24) is 4.31 Å². The molecule has 1 N–H and O–H groups in total. The lowest BCUT2D eigenvalue weighted by Gasteiger charge is -2.30. The number of rotatable bonds is 4. The number of aryl methyl sites for hydroxylation is 1. The smallest absolute Gasteiger partial charge is 0.324 e. The number of carbonyl (C=O) groups is 1. The predicted molar refractivity (Wildman–Crippen MR) is 67.8 cm³/mol. The second-order valence-electron chi connectivity index (χ2n) is 4.75. The fraction of sp³-hybridized carbons (Fsp3) is 0.417. The summed E-state index contributed by atoms with van der Waals surface area (Å²) in [4.78, 5) is 10.8. The zero-order chi connectivity index (χ0) is 15.0. The first-order valence-electron chi connectivity index (χ1n) is 5.50. The fourth-order valence-corrected chi connectivity index (χ4v) is 2.81. The lowest BCUT2D eigenvalue weighted by Crippen LogP contribution is -2.50. The number of hydrogen-bond acceptors (Lipinski definition) is 3. The van der Waals surface area contributed by atoms with Crippen LogP contribution in [0.1, 0.15) is 19.4 Å². The van der Waals surface area contributed by atoms with Gasteiger partial charge in [-0.15, -0.1) is 0 Å². The molecule has 0 bridgehead atoms. The monoisotopic (exact) mass is 289 g/mol. The highest BCUT2D eigenvalue weighted by Gasteiger charge is 2.40. The van der Waals surface area contributed by atoms with Gasteiger partial charge in [-0.1, -0.05) is 6.07 Å². The van der Waals surface area contributed by atoms with E-state index in [-0.39, 0.29) is 4.90 Å². The van der Waals surface area contributed by atoms with E-state index in [1.807, 2.05) is 0 Å². The van der Waals surface area contributed by atoms with Crippen molar-refractivity contribution in [1.29, 1.82) is 0 Å². The Morgan fingerprint density at radius 2 is 1.89 bits per heavy atom. The zero-order valence-electron chi connectivity index (χ0n) is 11.1. The molecular formula is C12H16FNO4S. The van der Waals surface area contributed by atoms with Gasteiger partial charge in [-0.2, -0.15) is 4.31 Å². The molecule has 0 aliphatic heterocycles. The molecule has 0 fully saturated rings. The van der Waals surface area contributed by atoms with Gasteiger partial charge in [-0.05, 0) is 38.5 Å². The molecule has 0 aliphatic carbocycles. The van der Waals surface area contributed by atoms with Crippen molar-refractivity contribution in [2.24, 2.45) is 0 Å². The molecule has 0 unspecified atom stereocenters. The minimum absolute atomic E-state index is 0.271. The quantitative estimate of drug-likeness (QED) is 0.914. The Bertz CT molecular complexity index is 610. The number of hydrogen-bond donors (Lipinski definition) is 1. The summed E-state index contributed by atoms with van der Waals surface area (Å²) in [6, 6.07) is 3.48. The van der Waals surface area contributed by atoms with Crippen molar-refractivity contribution in [3.63, 3.8) is 0 Å². The van der Waals surface area contributed by atoms with Crippen LogP contribution in [-0.2, 0) is 14.8 Å². The van der Waals surface area contributed by atoms with Gasteiger partial charge in [-0.3, -0.25) is 4.79 Å². The number of sulfonamides is 1. The molecule has 0 aromatic heterocycles. The normalized spacial score (nSPS) is 12.7. The van der Waals surface area contributed by atoms with E-state index in [9.17, 15) is 17.6 Å². The van der Waals surface area contributed by atoms with Crippen molar-refractivity contribution in [3.8, 4) is 0 Å². The van der Waals surface area contributed by atoms with E-state index in [1.165, 1.54) is 32.9 Å². The Balaban J connectivity index is 3.32. The molecule has 0 aliphatic rings. The summed E-state index contributed by atoms with van der Waals surface area (Å²) in [6.07, 6.45) is 0. The Morgan fingerprint density at radius 1 is 1.37 bits per heavy atom. The number of halogens is 1. The maximum absolute atomic E-state index is 13.4. The zero-order valence-corrected chi connectivity index (χ0v) is 12.0. The van der Waals surface area contributed by atoms with Crippen LogP contribution >= 0.6 is 0 Å². The molecule has 0 heterocycles. The van der Waals surface area contributed by atoms with Crippen molar-refractivity contribution < 1.29 is 22.7 Å². The van der Waals surface area contributed by atoms with Crippen LogP contribution in [0.25, 0.3) is 0 Å². The third-order valence-electron chi connectivity index (χ3n) is 3.11. The molecule has 19 heavy (non-hydrogen) atoms. The van der Waals surface area contributed by atoms with Gasteiger partial charge in [0.05, 0.1) is 4.90 Å². The summed E-state index contributed by atoms with van der Waals surface area (Å²) in [5, 5.41) is 9.04. The molecule has 1 aromatic rings.